The minimum Gasteiger partial charge on any atom is -0.456 e. The minimum absolute atomic E-state index is 0.855. The maximum absolute atomic E-state index is 6.60. The summed E-state index contributed by atoms with van der Waals surface area (Å²) in [6.07, 6.45) is 0. The van der Waals surface area contributed by atoms with E-state index in [1.165, 1.54) is 33.4 Å². The van der Waals surface area contributed by atoms with Crippen LogP contribution in [0.4, 0.5) is 17.1 Å². The average Bonchev–Trinajstić information content (AvgIpc) is 3.94. The highest BCUT2D eigenvalue weighted by Gasteiger charge is 2.24. The molecule has 0 saturated carbocycles. The van der Waals surface area contributed by atoms with Crippen molar-refractivity contribution in [1.29, 1.82) is 0 Å². The molecule has 0 amide bonds. The van der Waals surface area contributed by atoms with E-state index in [1.807, 2.05) is 12.1 Å². The Labute approximate surface area is 378 Å². The van der Waals surface area contributed by atoms with Gasteiger partial charge in [0.05, 0.1) is 0 Å². The van der Waals surface area contributed by atoms with Crippen LogP contribution in [0.1, 0.15) is 11.1 Å². The minimum atomic E-state index is 0.855. The predicted octanol–water partition coefficient (Wildman–Crippen LogP) is 17.9. The van der Waals surface area contributed by atoms with Gasteiger partial charge in [0.2, 0.25) is 0 Å². The Morgan fingerprint density at radius 3 is 1.29 bits per heavy atom. The highest BCUT2D eigenvalue weighted by atomic mass is 16.3. The van der Waals surface area contributed by atoms with Gasteiger partial charge >= 0.3 is 0 Å². The molecule has 0 spiro atoms. The van der Waals surface area contributed by atoms with E-state index < -0.39 is 0 Å². The summed E-state index contributed by atoms with van der Waals surface area (Å²) in [4.78, 5) is 2.37. The lowest BCUT2D eigenvalue weighted by atomic mass is 9.85. The number of hydrogen-bond acceptors (Lipinski definition) is 3. The smallest absolute Gasteiger partial charge is 0.136 e. The van der Waals surface area contributed by atoms with Gasteiger partial charge in [-0.3, -0.25) is 0 Å². The molecular formula is C62H43NO2. The van der Waals surface area contributed by atoms with Gasteiger partial charge in [-0.15, -0.1) is 0 Å². The molecule has 0 bridgehead atoms. The Morgan fingerprint density at radius 2 is 0.723 bits per heavy atom. The van der Waals surface area contributed by atoms with Crippen LogP contribution in [-0.4, -0.2) is 0 Å². The third-order valence-electron chi connectivity index (χ3n) is 13.0. The van der Waals surface area contributed by atoms with Gasteiger partial charge in [-0.1, -0.05) is 152 Å². The van der Waals surface area contributed by atoms with E-state index in [2.05, 4.69) is 231 Å². The zero-order valence-electron chi connectivity index (χ0n) is 36.1. The van der Waals surface area contributed by atoms with Crippen LogP contribution in [0, 0.1) is 13.8 Å². The van der Waals surface area contributed by atoms with Crippen molar-refractivity contribution in [2.45, 2.75) is 13.8 Å². The predicted molar refractivity (Wildman–Crippen MR) is 272 cm³/mol. The Hall–Kier alpha value is -8.40. The van der Waals surface area contributed by atoms with Gasteiger partial charge < -0.3 is 13.7 Å². The molecule has 10 aromatic carbocycles. The van der Waals surface area contributed by atoms with Crippen LogP contribution in [0.2, 0.25) is 0 Å². The Balaban J connectivity index is 1.07. The molecule has 0 N–H and O–H groups in total. The van der Waals surface area contributed by atoms with Crippen molar-refractivity contribution in [1.82, 2.24) is 0 Å². The molecule has 0 aliphatic carbocycles. The van der Waals surface area contributed by atoms with Crippen molar-refractivity contribution >= 4 is 60.9 Å². The molecule has 0 saturated heterocycles. The van der Waals surface area contributed by atoms with Crippen LogP contribution in [0.5, 0.6) is 0 Å². The maximum atomic E-state index is 6.60. The normalized spacial score (nSPS) is 11.5. The van der Waals surface area contributed by atoms with Crippen LogP contribution >= 0.6 is 0 Å². The molecular weight excluding hydrogens is 791 g/mol. The highest BCUT2D eigenvalue weighted by Crippen LogP contribution is 2.49. The third-order valence-corrected chi connectivity index (χ3v) is 13.0. The van der Waals surface area contributed by atoms with E-state index in [4.69, 9.17) is 8.83 Å². The van der Waals surface area contributed by atoms with E-state index in [0.717, 1.165) is 94.3 Å². The van der Waals surface area contributed by atoms with Crippen molar-refractivity contribution in [3.8, 4) is 55.6 Å². The van der Waals surface area contributed by atoms with E-state index >= 15 is 0 Å². The molecule has 3 nitrogen and oxygen atoms in total. The summed E-state index contributed by atoms with van der Waals surface area (Å²) in [6.45, 7) is 4.39. The second-order valence-electron chi connectivity index (χ2n) is 16.9. The first-order valence-corrected chi connectivity index (χ1v) is 22.2. The van der Waals surface area contributed by atoms with Crippen LogP contribution in [0.15, 0.2) is 233 Å². The average molecular weight is 834 g/mol. The zero-order chi connectivity index (χ0) is 43.4. The van der Waals surface area contributed by atoms with Gasteiger partial charge in [-0.05, 0) is 142 Å². The Bertz CT molecular complexity index is 3710. The fourth-order valence-electron chi connectivity index (χ4n) is 9.86. The number of benzene rings is 10. The summed E-state index contributed by atoms with van der Waals surface area (Å²) < 4.78 is 13.1. The molecule has 308 valence electrons. The SMILES string of the molecule is Cc1ccccc1-c1cc(N(c2ccc(-c3ccccc3)cc2)c2ccc(-c3c(-c4ccc5oc6ccccc6c5c4-c4ccccc4)ccc4oc5ccccc5c34)cc2)ccc1C. The molecule has 0 unspecified atom stereocenters. The number of hydrogen-bond donors (Lipinski definition) is 0. The first-order valence-electron chi connectivity index (χ1n) is 22.2. The number of rotatable bonds is 8. The second kappa shape index (κ2) is 15.7. The highest BCUT2D eigenvalue weighted by molar-refractivity contribution is 6.20. The van der Waals surface area contributed by atoms with Gasteiger partial charge in [0.25, 0.3) is 0 Å². The number of furan rings is 2. The summed E-state index contributed by atoms with van der Waals surface area (Å²) >= 11 is 0. The van der Waals surface area contributed by atoms with Crippen molar-refractivity contribution in [2.75, 3.05) is 4.90 Å². The molecule has 0 fully saturated rings. The Morgan fingerprint density at radius 1 is 0.292 bits per heavy atom. The van der Waals surface area contributed by atoms with E-state index in [1.54, 1.807) is 0 Å². The topological polar surface area (TPSA) is 29.5 Å². The van der Waals surface area contributed by atoms with Crippen LogP contribution in [0.3, 0.4) is 0 Å². The van der Waals surface area contributed by atoms with E-state index in [0.29, 0.717) is 0 Å². The molecule has 2 heterocycles. The molecule has 0 aliphatic heterocycles. The molecule has 12 rings (SSSR count). The first-order chi connectivity index (χ1) is 32.1. The molecule has 3 heteroatoms. The summed E-state index contributed by atoms with van der Waals surface area (Å²) in [5, 5.41) is 4.39. The molecule has 2 aromatic heterocycles. The largest absolute Gasteiger partial charge is 0.456 e. The van der Waals surface area contributed by atoms with E-state index in [-0.39, 0.29) is 0 Å². The molecule has 65 heavy (non-hydrogen) atoms. The second-order valence-corrected chi connectivity index (χ2v) is 16.9. The summed E-state index contributed by atoms with van der Waals surface area (Å²) in [6, 6.07) is 80.3. The van der Waals surface area contributed by atoms with Crippen LogP contribution < -0.4 is 4.90 Å². The Kier molecular flexibility index (Phi) is 9.28. The van der Waals surface area contributed by atoms with Gasteiger partial charge in [-0.2, -0.15) is 0 Å². The maximum Gasteiger partial charge on any atom is 0.136 e. The van der Waals surface area contributed by atoms with Gasteiger partial charge in [-0.25, -0.2) is 0 Å². The molecule has 0 atom stereocenters. The monoisotopic (exact) mass is 833 g/mol. The zero-order valence-corrected chi connectivity index (χ0v) is 36.1. The van der Waals surface area contributed by atoms with Crippen molar-refractivity contribution < 1.29 is 8.83 Å². The molecule has 0 radical (unpaired) electrons. The number of aryl methyl sites for hydroxylation is 2. The standard InChI is InChI=1S/C62H43NO2/c1-40-15-9-10-20-49(40)54-39-48(30-25-41(54)2)63(46-31-26-43(27-32-46)42-16-5-3-6-17-42)47-33-28-45(29-34-47)60-51(36-38-58-62(60)53-22-12-14-24-56(53)65-58)50-35-37-57-61(52-21-11-13-23-55(52)64-57)59(50)44-18-7-4-8-19-44/h3-39H,1-2H3. The number of para-hydroxylation sites is 2. The van der Waals surface area contributed by atoms with Gasteiger partial charge in [0.1, 0.15) is 22.3 Å². The quantitative estimate of drug-likeness (QED) is 0.153. The fourth-order valence-corrected chi connectivity index (χ4v) is 9.86. The number of fused-ring (bicyclic) bond motifs is 6. The van der Waals surface area contributed by atoms with Crippen LogP contribution in [0.25, 0.3) is 99.5 Å². The first kappa shape index (κ1) is 38.3. The third kappa shape index (κ3) is 6.60. The van der Waals surface area contributed by atoms with Crippen molar-refractivity contribution in [2.24, 2.45) is 0 Å². The lowest BCUT2D eigenvalue weighted by molar-refractivity contribution is 0.668. The number of nitrogens with zero attached hydrogens (tertiary/aromatic N) is 1. The fraction of sp³-hybridized carbons (Fsp3) is 0.0323. The summed E-state index contributed by atoms with van der Waals surface area (Å²) in [5.74, 6) is 0. The van der Waals surface area contributed by atoms with Gasteiger partial charge in [0, 0.05) is 49.7 Å². The summed E-state index contributed by atoms with van der Waals surface area (Å²) in [7, 11) is 0. The van der Waals surface area contributed by atoms with Crippen LogP contribution in [-0.2, 0) is 0 Å². The number of anilines is 3. The lowest BCUT2D eigenvalue weighted by Crippen LogP contribution is -2.10. The van der Waals surface area contributed by atoms with Gasteiger partial charge in [0.15, 0.2) is 0 Å². The summed E-state index contributed by atoms with van der Waals surface area (Å²) in [5.41, 5.74) is 20.8. The molecule has 0 aliphatic rings. The molecule has 12 aromatic rings. The van der Waals surface area contributed by atoms with E-state index in [9.17, 15) is 0 Å². The van der Waals surface area contributed by atoms with Crippen molar-refractivity contribution in [3.05, 3.63) is 236 Å². The van der Waals surface area contributed by atoms with Crippen molar-refractivity contribution in [3.63, 3.8) is 0 Å². The lowest BCUT2D eigenvalue weighted by Gasteiger charge is -2.27.